The largest absolute Gasteiger partial charge is 0.395 e. The molecule has 1 fully saturated rings. The summed E-state index contributed by atoms with van der Waals surface area (Å²) < 4.78 is 13.9. The molecule has 2 N–H and O–H groups in total. The van der Waals surface area contributed by atoms with Gasteiger partial charge in [0, 0.05) is 32.7 Å². The first kappa shape index (κ1) is 18.0. The van der Waals surface area contributed by atoms with Crippen LogP contribution in [0.2, 0.25) is 5.02 Å². The first-order chi connectivity index (χ1) is 12.1. The quantitative estimate of drug-likeness (QED) is 0.842. The summed E-state index contributed by atoms with van der Waals surface area (Å²) in [5.41, 5.74) is 0.180. The molecule has 3 rings (SSSR count). The third kappa shape index (κ3) is 4.24. The van der Waals surface area contributed by atoms with Crippen LogP contribution in [-0.2, 0) is 0 Å². The van der Waals surface area contributed by atoms with E-state index in [0.29, 0.717) is 37.7 Å². The number of nitrogens with zero attached hydrogens (tertiary/aromatic N) is 4. The Bertz CT molecular complexity index is 731. The highest BCUT2D eigenvalue weighted by Gasteiger charge is 2.22. The van der Waals surface area contributed by atoms with E-state index in [0.717, 1.165) is 11.3 Å². The highest BCUT2D eigenvalue weighted by atomic mass is 35.5. The maximum absolute atomic E-state index is 13.9. The van der Waals surface area contributed by atoms with Crippen LogP contribution in [0.1, 0.15) is 0 Å². The predicted molar refractivity (Wildman–Crippen MR) is 94.4 cm³/mol. The van der Waals surface area contributed by atoms with Crippen molar-refractivity contribution in [3.63, 3.8) is 0 Å². The lowest BCUT2D eigenvalue weighted by Crippen LogP contribution is -2.50. The Morgan fingerprint density at radius 1 is 1.32 bits per heavy atom. The number of hydrogen-bond acceptors (Lipinski definition) is 6. The van der Waals surface area contributed by atoms with E-state index in [9.17, 15) is 9.18 Å². The van der Waals surface area contributed by atoms with Crippen molar-refractivity contribution in [3.05, 3.63) is 29.0 Å². The summed E-state index contributed by atoms with van der Waals surface area (Å²) in [6.07, 6.45) is 0. The molecule has 1 aromatic heterocycles. The molecule has 1 aliphatic heterocycles. The maximum atomic E-state index is 13.9. The summed E-state index contributed by atoms with van der Waals surface area (Å²) in [6.45, 7) is 3.27. The second kappa shape index (κ2) is 8.05. The standard InChI is InChI=1S/C15H17ClFN5O2S/c16-10-2-1-3-11(17)12(10)13-19-20-14(25-13)18-15(24)22-6-4-21(5-7-22)8-9-23/h1-3,23H,4-9H2,(H,18,20,24). The normalized spacial score (nSPS) is 15.4. The Balaban J connectivity index is 1.63. The van der Waals surface area contributed by atoms with E-state index in [2.05, 4.69) is 20.4 Å². The monoisotopic (exact) mass is 385 g/mol. The first-order valence-corrected chi connectivity index (χ1v) is 8.95. The van der Waals surface area contributed by atoms with Crippen molar-refractivity contribution >= 4 is 34.1 Å². The number of aromatic nitrogens is 2. The summed E-state index contributed by atoms with van der Waals surface area (Å²) in [5, 5.41) is 20.3. The topological polar surface area (TPSA) is 81.6 Å². The number of halogens is 2. The molecule has 7 nitrogen and oxygen atoms in total. The number of anilines is 1. The molecular weight excluding hydrogens is 369 g/mol. The van der Waals surface area contributed by atoms with E-state index in [1.807, 2.05) is 0 Å². The average Bonchev–Trinajstić information content (AvgIpc) is 3.03. The molecule has 10 heteroatoms. The zero-order valence-corrected chi connectivity index (χ0v) is 14.9. The van der Waals surface area contributed by atoms with Gasteiger partial charge >= 0.3 is 6.03 Å². The number of piperazine rings is 1. The van der Waals surface area contributed by atoms with Crippen molar-refractivity contribution in [3.8, 4) is 10.6 Å². The summed E-state index contributed by atoms with van der Waals surface area (Å²) in [4.78, 5) is 16.1. The van der Waals surface area contributed by atoms with Gasteiger partial charge in [0.25, 0.3) is 0 Å². The lowest BCUT2D eigenvalue weighted by Gasteiger charge is -2.33. The van der Waals surface area contributed by atoms with Crippen LogP contribution in [0.3, 0.4) is 0 Å². The number of aliphatic hydroxyl groups is 1. The van der Waals surface area contributed by atoms with Gasteiger partial charge < -0.3 is 10.0 Å². The molecule has 1 aromatic carbocycles. The van der Waals surface area contributed by atoms with Gasteiger partial charge in [-0.1, -0.05) is 29.0 Å². The van der Waals surface area contributed by atoms with Gasteiger partial charge in [-0.15, -0.1) is 10.2 Å². The molecule has 2 amide bonds. The van der Waals surface area contributed by atoms with Crippen molar-refractivity contribution in [2.45, 2.75) is 0 Å². The van der Waals surface area contributed by atoms with Gasteiger partial charge in [-0.3, -0.25) is 10.2 Å². The minimum atomic E-state index is -0.485. The fourth-order valence-corrected chi connectivity index (χ4v) is 3.67. The van der Waals surface area contributed by atoms with Crippen molar-refractivity contribution < 1.29 is 14.3 Å². The predicted octanol–water partition coefficient (Wildman–Crippen LogP) is 2.14. The number of benzene rings is 1. The molecule has 0 bridgehead atoms. The van der Waals surface area contributed by atoms with Crippen LogP contribution in [0.25, 0.3) is 10.6 Å². The van der Waals surface area contributed by atoms with Gasteiger partial charge in [0.15, 0.2) is 5.01 Å². The van der Waals surface area contributed by atoms with Crippen LogP contribution in [0, 0.1) is 5.82 Å². The van der Waals surface area contributed by atoms with E-state index in [-0.39, 0.29) is 28.4 Å². The summed E-state index contributed by atoms with van der Waals surface area (Å²) >= 11 is 7.09. The van der Waals surface area contributed by atoms with Crippen molar-refractivity contribution in [1.82, 2.24) is 20.0 Å². The van der Waals surface area contributed by atoms with Gasteiger partial charge in [0.05, 0.1) is 17.2 Å². The molecule has 0 unspecified atom stereocenters. The number of β-amino-alcohol motifs (C(OH)–C–C–N with tert-alkyl or cyclic N) is 1. The van der Waals surface area contributed by atoms with Gasteiger partial charge in [0.1, 0.15) is 5.82 Å². The molecule has 0 atom stereocenters. The SMILES string of the molecule is O=C(Nc1nnc(-c2c(F)cccc2Cl)s1)N1CCN(CCO)CC1. The number of carbonyl (C=O) groups is 1. The van der Waals surface area contributed by atoms with Crippen molar-refractivity contribution in [2.24, 2.45) is 0 Å². The van der Waals surface area contributed by atoms with E-state index < -0.39 is 5.82 Å². The van der Waals surface area contributed by atoms with Gasteiger partial charge in [-0.2, -0.15) is 0 Å². The number of urea groups is 1. The molecule has 0 radical (unpaired) electrons. The lowest BCUT2D eigenvalue weighted by molar-refractivity contribution is 0.127. The maximum Gasteiger partial charge on any atom is 0.323 e. The van der Waals surface area contributed by atoms with Crippen LogP contribution in [0.4, 0.5) is 14.3 Å². The van der Waals surface area contributed by atoms with Crippen LogP contribution >= 0.6 is 22.9 Å². The Kier molecular flexibility index (Phi) is 5.79. The minimum Gasteiger partial charge on any atom is -0.395 e. The van der Waals surface area contributed by atoms with Crippen LogP contribution in [0.5, 0.6) is 0 Å². The molecule has 1 saturated heterocycles. The smallest absolute Gasteiger partial charge is 0.323 e. The summed E-state index contributed by atoms with van der Waals surface area (Å²) in [5.74, 6) is -0.485. The van der Waals surface area contributed by atoms with Crippen LogP contribution < -0.4 is 5.32 Å². The fourth-order valence-electron chi connectivity index (χ4n) is 2.56. The number of rotatable bonds is 4. The zero-order chi connectivity index (χ0) is 17.8. The molecule has 2 aromatic rings. The fraction of sp³-hybridized carbons (Fsp3) is 0.400. The molecule has 0 spiro atoms. The molecule has 0 aliphatic carbocycles. The van der Waals surface area contributed by atoms with Crippen molar-refractivity contribution in [2.75, 3.05) is 44.6 Å². The average molecular weight is 386 g/mol. The Morgan fingerprint density at radius 3 is 2.76 bits per heavy atom. The third-order valence-corrected chi connectivity index (χ3v) is 5.06. The third-order valence-electron chi connectivity index (χ3n) is 3.89. The van der Waals surface area contributed by atoms with Gasteiger partial charge in [0.2, 0.25) is 5.13 Å². The Hall–Kier alpha value is -1.81. The first-order valence-electron chi connectivity index (χ1n) is 7.75. The summed E-state index contributed by atoms with van der Waals surface area (Å²) in [6, 6.07) is 4.12. The molecule has 1 aliphatic rings. The van der Waals surface area contributed by atoms with Crippen LogP contribution in [-0.4, -0.2) is 70.5 Å². The van der Waals surface area contributed by atoms with E-state index >= 15 is 0 Å². The minimum absolute atomic E-state index is 0.109. The van der Waals surface area contributed by atoms with Gasteiger partial charge in [-0.05, 0) is 12.1 Å². The second-order valence-corrected chi connectivity index (χ2v) is 6.88. The van der Waals surface area contributed by atoms with Gasteiger partial charge in [-0.25, -0.2) is 9.18 Å². The molecule has 2 heterocycles. The van der Waals surface area contributed by atoms with E-state index in [4.69, 9.17) is 16.7 Å². The highest BCUT2D eigenvalue weighted by Crippen LogP contribution is 2.33. The summed E-state index contributed by atoms with van der Waals surface area (Å²) in [7, 11) is 0. The molecule has 25 heavy (non-hydrogen) atoms. The number of hydrogen-bond donors (Lipinski definition) is 2. The molecule has 134 valence electrons. The number of amides is 2. The van der Waals surface area contributed by atoms with E-state index in [1.54, 1.807) is 11.0 Å². The second-order valence-electron chi connectivity index (χ2n) is 5.49. The van der Waals surface area contributed by atoms with Crippen molar-refractivity contribution in [1.29, 1.82) is 0 Å². The Labute approximate surface area is 153 Å². The highest BCUT2D eigenvalue weighted by molar-refractivity contribution is 7.18. The number of nitrogens with one attached hydrogen (secondary N) is 1. The van der Waals surface area contributed by atoms with Crippen LogP contribution in [0.15, 0.2) is 18.2 Å². The number of carbonyl (C=O) groups excluding carboxylic acids is 1. The Morgan fingerprint density at radius 2 is 2.08 bits per heavy atom. The molecular formula is C15H17ClFN5O2S. The lowest BCUT2D eigenvalue weighted by atomic mass is 10.2. The number of aliphatic hydroxyl groups excluding tert-OH is 1. The van der Waals surface area contributed by atoms with E-state index in [1.165, 1.54) is 12.1 Å². The molecule has 0 saturated carbocycles. The zero-order valence-electron chi connectivity index (χ0n) is 13.3.